The Bertz CT molecular complexity index is 648. The van der Waals surface area contributed by atoms with Crippen molar-refractivity contribution in [1.29, 1.82) is 0 Å². The first-order chi connectivity index (χ1) is 11.8. The number of nitrogens with one attached hydrogen (secondary N) is 1. The van der Waals surface area contributed by atoms with Gasteiger partial charge in [-0.1, -0.05) is 42.5 Å². The third kappa shape index (κ3) is 4.55. The van der Waals surface area contributed by atoms with E-state index in [0.717, 1.165) is 51.0 Å². The van der Waals surface area contributed by atoms with Crippen LogP contribution < -0.4 is 10.2 Å². The molecular weight excluding hydrogens is 298 g/mol. The number of benzene rings is 1. The van der Waals surface area contributed by atoms with Gasteiger partial charge in [0.1, 0.15) is 5.82 Å². The number of anilines is 2. The Morgan fingerprint density at radius 1 is 1.08 bits per heavy atom. The standard InChI is InChI=1S/C19H25N5/c1-2-20-18-10-11-21-19(22-18)24-15-13-23(14-16-24)12-6-9-17-7-4-3-5-8-17/h3-11H,2,12-16H2,1H3,(H,20,21,22)/b9-6+. The Morgan fingerprint density at radius 2 is 1.88 bits per heavy atom. The second-order valence-corrected chi connectivity index (χ2v) is 5.87. The van der Waals surface area contributed by atoms with Crippen molar-refractivity contribution < 1.29 is 0 Å². The van der Waals surface area contributed by atoms with Crippen LogP contribution in [-0.2, 0) is 0 Å². The van der Waals surface area contributed by atoms with Crippen LogP contribution in [0.1, 0.15) is 12.5 Å². The third-order valence-electron chi connectivity index (χ3n) is 4.13. The molecule has 0 aliphatic carbocycles. The second kappa shape index (κ2) is 8.45. The minimum Gasteiger partial charge on any atom is -0.370 e. The van der Waals surface area contributed by atoms with E-state index in [1.807, 2.05) is 18.3 Å². The fourth-order valence-electron chi connectivity index (χ4n) is 2.81. The molecule has 1 aromatic heterocycles. The Balaban J connectivity index is 1.49. The minimum atomic E-state index is 0.827. The van der Waals surface area contributed by atoms with Gasteiger partial charge in [-0.15, -0.1) is 0 Å². The van der Waals surface area contributed by atoms with E-state index in [0.29, 0.717) is 0 Å². The lowest BCUT2D eigenvalue weighted by Crippen LogP contribution is -2.47. The van der Waals surface area contributed by atoms with E-state index in [9.17, 15) is 0 Å². The van der Waals surface area contributed by atoms with Crippen LogP contribution in [-0.4, -0.2) is 54.1 Å². The van der Waals surface area contributed by atoms with Crippen LogP contribution in [0.4, 0.5) is 11.8 Å². The van der Waals surface area contributed by atoms with Crippen molar-refractivity contribution in [3.05, 3.63) is 54.2 Å². The fourth-order valence-corrected chi connectivity index (χ4v) is 2.81. The summed E-state index contributed by atoms with van der Waals surface area (Å²) in [6.07, 6.45) is 6.26. The maximum Gasteiger partial charge on any atom is 0.227 e. The van der Waals surface area contributed by atoms with Gasteiger partial charge in [-0.3, -0.25) is 4.90 Å². The largest absolute Gasteiger partial charge is 0.370 e. The molecule has 1 N–H and O–H groups in total. The molecule has 1 aliphatic heterocycles. The van der Waals surface area contributed by atoms with Crippen LogP contribution in [0.2, 0.25) is 0 Å². The van der Waals surface area contributed by atoms with Crippen molar-refractivity contribution in [1.82, 2.24) is 14.9 Å². The highest BCUT2D eigenvalue weighted by molar-refractivity contribution is 5.48. The number of piperazine rings is 1. The van der Waals surface area contributed by atoms with Crippen molar-refractivity contribution in [3.8, 4) is 0 Å². The maximum atomic E-state index is 4.58. The van der Waals surface area contributed by atoms with Gasteiger partial charge in [0, 0.05) is 45.5 Å². The lowest BCUT2D eigenvalue weighted by molar-refractivity contribution is 0.283. The average Bonchev–Trinajstić information content (AvgIpc) is 2.64. The van der Waals surface area contributed by atoms with Crippen molar-refractivity contribution in [2.45, 2.75) is 6.92 Å². The Morgan fingerprint density at radius 3 is 2.62 bits per heavy atom. The topological polar surface area (TPSA) is 44.3 Å². The molecule has 1 saturated heterocycles. The van der Waals surface area contributed by atoms with Crippen molar-refractivity contribution in [3.63, 3.8) is 0 Å². The SMILES string of the molecule is CCNc1ccnc(N2CCN(C/C=C/c3ccccc3)CC2)n1. The maximum absolute atomic E-state index is 4.58. The summed E-state index contributed by atoms with van der Waals surface area (Å²) in [4.78, 5) is 13.7. The van der Waals surface area contributed by atoms with E-state index < -0.39 is 0 Å². The van der Waals surface area contributed by atoms with Gasteiger partial charge >= 0.3 is 0 Å². The summed E-state index contributed by atoms with van der Waals surface area (Å²) in [7, 11) is 0. The van der Waals surface area contributed by atoms with E-state index >= 15 is 0 Å². The number of aromatic nitrogens is 2. The molecule has 3 rings (SSSR count). The molecule has 0 spiro atoms. The summed E-state index contributed by atoms with van der Waals surface area (Å²) in [5, 5.41) is 3.24. The Kier molecular flexibility index (Phi) is 5.80. The number of rotatable bonds is 6. The highest BCUT2D eigenvalue weighted by atomic mass is 15.3. The number of hydrogen-bond acceptors (Lipinski definition) is 5. The first-order valence-corrected chi connectivity index (χ1v) is 8.61. The smallest absolute Gasteiger partial charge is 0.227 e. The van der Waals surface area contributed by atoms with Crippen molar-refractivity contribution in [2.75, 3.05) is 49.5 Å². The Hall–Kier alpha value is -2.40. The number of hydrogen-bond donors (Lipinski definition) is 1. The highest BCUT2D eigenvalue weighted by Gasteiger charge is 2.18. The molecule has 0 amide bonds. The molecule has 0 radical (unpaired) electrons. The van der Waals surface area contributed by atoms with E-state index in [4.69, 9.17) is 0 Å². The van der Waals surface area contributed by atoms with Gasteiger partial charge in [-0.2, -0.15) is 4.98 Å². The van der Waals surface area contributed by atoms with Gasteiger partial charge in [0.05, 0.1) is 0 Å². The van der Waals surface area contributed by atoms with Crippen LogP contribution in [0.25, 0.3) is 6.08 Å². The molecule has 0 bridgehead atoms. The zero-order chi connectivity index (χ0) is 16.6. The summed E-state index contributed by atoms with van der Waals surface area (Å²) >= 11 is 0. The predicted octanol–water partition coefficient (Wildman–Crippen LogP) is 2.74. The molecular formula is C19H25N5. The van der Waals surface area contributed by atoms with Gasteiger partial charge in [-0.05, 0) is 18.6 Å². The molecule has 24 heavy (non-hydrogen) atoms. The molecule has 126 valence electrons. The monoisotopic (exact) mass is 323 g/mol. The predicted molar refractivity (Wildman–Crippen MR) is 100 cm³/mol. The summed E-state index contributed by atoms with van der Waals surface area (Å²) in [6.45, 7) is 7.94. The molecule has 2 heterocycles. The fraction of sp³-hybridized carbons (Fsp3) is 0.368. The molecule has 1 aliphatic rings. The van der Waals surface area contributed by atoms with Gasteiger partial charge < -0.3 is 10.2 Å². The summed E-state index contributed by atoms with van der Waals surface area (Å²) in [6, 6.07) is 12.4. The highest BCUT2D eigenvalue weighted by Crippen LogP contribution is 2.13. The molecule has 2 aromatic rings. The average molecular weight is 323 g/mol. The first kappa shape index (κ1) is 16.5. The van der Waals surface area contributed by atoms with E-state index in [2.05, 4.69) is 68.4 Å². The lowest BCUT2D eigenvalue weighted by Gasteiger charge is -2.34. The van der Waals surface area contributed by atoms with Crippen molar-refractivity contribution in [2.24, 2.45) is 0 Å². The molecule has 0 unspecified atom stereocenters. The van der Waals surface area contributed by atoms with Crippen LogP contribution in [0.3, 0.4) is 0 Å². The van der Waals surface area contributed by atoms with E-state index in [1.54, 1.807) is 0 Å². The summed E-state index contributed by atoms with van der Waals surface area (Å²) in [5.74, 6) is 1.73. The normalized spacial score (nSPS) is 15.8. The summed E-state index contributed by atoms with van der Waals surface area (Å²) < 4.78 is 0. The number of nitrogens with zero attached hydrogens (tertiary/aromatic N) is 4. The van der Waals surface area contributed by atoms with Gasteiger partial charge in [0.2, 0.25) is 5.95 Å². The van der Waals surface area contributed by atoms with E-state index in [1.165, 1.54) is 5.56 Å². The minimum absolute atomic E-state index is 0.827. The summed E-state index contributed by atoms with van der Waals surface area (Å²) in [5.41, 5.74) is 1.25. The molecule has 5 heteroatoms. The second-order valence-electron chi connectivity index (χ2n) is 5.87. The molecule has 1 aromatic carbocycles. The molecule has 1 fully saturated rings. The quantitative estimate of drug-likeness (QED) is 0.885. The zero-order valence-electron chi connectivity index (χ0n) is 14.2. The van der Waals surface area contributed by atoms with Crippen LogP contribution in [0.15, 0.2) is 48.7 Å². The van der Waals surface area contributed by atoms with Crippen LogP contribution >= 0.6 is 0 Å². The molecule has 5 nitrogen and oxygen atoms in total. The molecule has 0 atom stereocenters. The molecule has 0 saturated carbocycles. The van der Waals surface area contributed by atoms with Gasteiger partial charge in [0.25, 0.3) is 0 Å². The first-order valence-electron chi connectivity index (χ1n) is 8.61. The Labute approximate surface area is 144 Å². The van der Waals surface area contributed by atoms with Crippen LogP contribution in [0, 0.1) is 0 Å². The lowest BCUT2D eigenvalue weighted by atomic mass is 10.2. The van der Waals surface area contributed by atoms with Gasteiger partial charge in [0.15, 0.2) is 0 Å². The van der Waals surface area contributed by atoms with Gasteiger partial charge in [-0.25, -0.2) is 4.98 Å². The zero-order valence-corrected chi connectivity index (χ0v) is 14.2. The van der Waals surface area contributed by atoms with E-state index in [-0.39, 0.29) is 0 Å². The van der Waals surface area contributed by atoms with Crippen molar-refractivity contribution >= 4 is 17.8 Å². The van der Waals surface area contributed by atoms with Crippen LogP contribution in [0.5, 0.6) is 0 Å². The third-order valence-corrected chi connectivity index (χ3v) is 4.13.